The van der Waals surface area contributed by atoms with Crippen LogP contribution in [0.1, 0.15) is 82.5 Å². The third-order valence-electron chi connectivity index (χ3n) is 24.3. The first-order chi connectivity index (χ1) is 68.5. The van der Waals surface area contributed by atoms with Gasteiger partial charge in [0.25, 0.3) is 8.32 Å². The number of rotatable bonds is 22. The summed E-state index contributed by atoms with van der Waals surface area (Å²) in [6, 6.07) is 60.3. The fraction of sp³-hybridized carbons (Fsp3) is 0.521. The SMILES string of the molecule is CC(C)(C)[Si](OCC1OCC(N=[N+]=[N-])[C@@H](OC(=O)c2ccccc2)[C@@H]1O)(c1ccccc1)c1ccccc1.CC1COC(CO)[C@@H](O)[C@@H]1O.NC1COC(CO)[C@@H](O)[C@@H]1O.[N-]=[N+]=NC1COC(CO)[C@@H](O)[C@@H]1O.[N-]=[N+]=NC1COC(CO)[C@@H](O)[C@@H]1OC(=O)c1ccccc1.[N-]=[N+]=NC1COC2COC(c3ccccc3)O[C@H]2[C@@H]1O.[N-]=[N+]=NC1COC2COC(c3ccccc3)O[C@H]2[C@@H]1OC(=O)c1ccccc1. The van der Waals surface area contributed by atoms with E-state index in [2.05, 4.69) is 95.2 Å². The molecule has 0 aliphatic carbocycles. The summed E-state index contributed by atoms with van der Waals surface area (Å²) in [7, 11) is -2.88. The second-order valence-electron chi connectivity index (χ2n) is 34.8. The predicted molar refractivity (Wildman–Crippen MR) is 503 cm³/mol. The van der Waals surface area contributed by atoms with Gasteiger partial charge in [0, 0.05) is 41.6 Å². The maximum Gasteiger partial charge on any atom is 0.338 e. The molecule has 0 spiro atoms. The zero-order valence-corrected chi connectivity index (χ0v) is 78.9. The molecular weight excluding hydrogens is 1880 g/mol. The van der Waals surface area contributed by atoms with Crippen molar-refractivity contribution in [3.05, 3.63) is 292 Å². The Kier molecular flexibility index (Phi) is 44.9. The van der Waals surface area contributed by atoms with Crippen LogP contribution in [0.15, 0.2) is 238 Å². The Labute approximate surface area is 816 Å². The number of esters is 3. The van der Waals surface area contributed by atoms with Crippen LogP contribution in [0.2, 0.25) is 5.04 Å². The zero-order valence-electron chi connectivity index (χ0n) is 77.9. The standard InChI is InChI=1S/C29H33N3O5Si.C20H19N3O5.C13H15N3O5.C13H15N3O4.C7H14O4.C6H11N3O4.C6H13NO4/c1-29(2,3)38(22-15-9-5-10-16-22,23-17-11-6-12-18-23)36-20-25-26(33)27(24(19-35-25)31-32-30)37-28(34)21-13-7-4-8-14-21;21-23-22-15-11-25-16-12-26-20(14-9-5-2-6-10-14)28-18(16)17(15)27-19(24)13-7-3-1-4-8-13;14-16-15-9-7-20-10(6-17)11(18)12(9)21-13(19)8-4-2-1-3-5-8;14-16-15-9-6-18-10-7-19-13(20-12(10)11(9)17)8-4-2-1-3-5-8;1-4-3-11-5(2-8)7(10)6(4)9;7-9-8-3-2-13-4(1-10)6(12)5(3)11;7-3-2-11-4(1-8)6(10)5(3)9/h4-18,24-27,33H,19-20H2,1-3H3;1-10,15-18,20H,11-12H2;1-5,9-12,17-18H,6-7H2;1-5,9-13,17H,6-7H2;4-10H,2-3H2,1H3;3-6,10-12H,1-2H2;3-6,8-10H,1-2,7H2/t24?,25?,26-,27-;15?,16?,17-,18-,20?;9?,10?,11-,12-;9?,10?,11-,12-,13?;4?,5?,6-,7-;2*3?,4?,5-,6-/m1111111/s1. The molecule has 0 amide bonds. The van der Waals surface area contributed by atoms with Gasteiger partial charge in [0.05, 0.1) is 152 Å². The normalized spacial score (nSPS) is 31.7. The smallest absolute Gasteiger partial charge is 0.338 e. The van der Waals surface area contributed by atoms with Crippen LogP contribution in [-0.4, -0.2) is 350 Å². The molecule has 9 fully saturated rings. The molecule has 0 saturated carbocycles. The van der Waals surface area contributed by atoms with E-state index in [1.807, 2.05) is 103 Å². The zero-order chi connectivity index (χ0) is 102. The van der Waals surface area contributed by atoms with E-state index in [0.29, 0.717) is 29.9 Å². The lowest BCUT2D eigenvalue weighted by atomic mass is 9.94. The predicted octanol–water partition coefficient (Wildman–Crippen LogP) is 4.75. The minimum Gasteiger partial charge on any atom is -0.455 e. The van der Waals surface area contributed by atoms with Crippen molar-refractivity contribution in [2.45, 2.75) is 210 Å². The van der Waals surface area contributed by atoms with Crippen molar-refractivity contribution in [3.8, 4) is 0 Å². The van der Waals surface area contributed by atoms with Gasteiger partial charge in [-0.1, -0.05) is 229 Å². The highest BCUT2D eigenvalue weighted by Gasteiger charge is 2.54. The Morgan fingerprint density at radius 3 is 1.06 bits per heavy atom. The van der Waals surface area contributed by atoms with E-state index in [1.165, 1.54) is 0 Å². The second-order valence-corrected chi connectivity index (χ2v) is 39.1. The number of carbonyl (C=O) groups excluding carboxylic acids is 3. The number of benzene rings is 7. The summed E-state index contributed by atoms with van der Waals surface area (Å²) >= 11 is 0. The molecule has 9 aliphatic rings. The molecular formula is C94H120N16O31Si. The van der Waals surface area contributed by atoms with Crippen LogP contribution in [0.5, 0.6) is 0 Å². The Hall–Kier alpha value is -11.3. The molecule has 16 rings (SSSR count). The van der Waals surface area contributed by atoms with Crippen molar-refractivity contribution >= 4 is 36.6 Å². The van der Waals surface area contributed by atoms with Crippen LogP contribution < -0.4 is 16.1 Å². The van der Waals surface area contributed by atoms with Crippen LogP contribution in [0.4, 0.5) is 0 Å². The Morgan fingerprint density at radius 1 is 0.352 bits per heavy atom. The number of aliphatic hydroxyl groups excluding tert-OH is 13. The number of azide groups is 5. The summed E-state index contributed by atoms with van der Waals surface area (Å²) < 4.78 is 84.2. The van der Waals surface area contributed by atoms with Gasteiger partial charge >= 0.3 is 17.9 Å². The lowest BCUT2D eigenvalue weighted by Crippen LogP contribution is -2.68. The van der Waals surface area contributed by atoms with Crippen molar-refractivity contribution < 1.29 is 152 Å². The van der Waals surface area contributed by atoms with E-state index in [9.17, 15) is 60.3 Å². The average molecular weight is 2000 g/mol. The number of aliphatic hydroxyl groups is 13. The van der Waals surface area contributed by atoms with E-state index < -0.39 is 204 Å². The number of nitrogens with zero attached hydrogens (tertiary/aromatic N) is 15. The van der Waals surface area contributed by atoms with Gasteiger partial charge in [-0.2, -0.15) is 0 Å². The maximum absolute atomic E-state index is 12.8. The molecule has 15 N–H and O–H groups in total. The summed E-state index contributed by atoms with van der Waals surface area (Å²) in [5.41, 5.74) is 51.2. The average Bonchev–Trinajstić information content (AvgIpc) is 0.742. The van der Waals surface area contributed by atoms with Gasteiger partial charge < -0.3 is 143 Å². The van der Waals surface area contributed by atoms with Gasteiger partial charge in [0.15, 0.2) is 12.6 Å². The second kappa shape index (κ2) is 56.7. The molecule has 7 aromatic rings. The molecule has 0 aromatic heterocycles. The van der Waals surface area contributed by atoms with E-state index in [0.717, 1.165) is 21.5 Å². The molecule has 9 heterocycles. The third-order valence-corrected chi connectivity index (χ3v) is 29.3. The lowest BCUT2D eigenvalue weighted by molar-refractivity contribution is -0.301. The quantitative estimate of drug-likeness (QED) is 0.0109. The van der Waals surface area contributed by atoms with E-state index >= 15 is 0 Å². The van der Waals surface area contributed by atoms with Gasteiger partial charge in [0.1, 0.15) is 122 Å². The Morgan fingerprint density at radius 2 is 0.655 bits per heavy atom. The molecule has 7 aromatic carbocycles. The van der Waals surface area contributed by atoms with Crippen LogP contribution in [-0.2, 0) is 70.7 Å². The third kappa shape index (κ3) is 30.2. The molecule has 9 saturated heterocycles. The monoisotopic (exact) mass is 2000 g/mol. The van der Waals surface area contributed by atoms with Gasteiger partial charge in [0.2, 0.25) is 0 Å². The number of hydrogen-bond donors (Lipinski definition) is 14. The van der Waals surface area contributed by atoms with Crippen molar-refractivity contribution in [1.82, 2.24) is 0 Å². The molecule has 48 heteroatoms. The van der Waals surface area contributed by atoms with E-state index in [-0.39, 0.29) is 89.7 Å². The lowest BCUT2D eigenvalue weighted by Gasteiger charge is -2.45. The van der Waals surface area contributed by atoms with Gasteiger partial charge in [-0.15, -0.1) is 0 Å². The minimum atomic E-state index is -2.88. The maximum atomic E-state index is 12.8. The van der Waals surface area contributed by atoms with Crippen LogP contribution in [0, 0.1) is 5.92 Å². The summed E-state index contributed by atoms with van der Waals surface area (Å²) in [5.74, 6) is -1.82. The van der Waals surface area contributed by atoms with Crippen molar-refractivity contribution in [1.29, 1.82) is 0 Å². The van der Waals surface area contributed by atoms with Crippen molar-refractivity contribution in [2.24, 2.45) is 37.2 Å². The number of fused-ring (bicyclic) bond motifs is 2. The molecule has 0 radical (unpaired) electrons. The number of carbonyl (C=O) groups is 3. The molecule has 47 nitrogen and oxygen atoms in total. The summed E-state index contributed by atoms with van der Waals surface area (Å²) in [5, 5.41) is 142. The summed E-state index contributed by atoms with van der Waals surface area (Å²) in [6.07, 6.45) is -19.5. The first kappa shape index (κ1) is 113. The first-order valence-electron chi connectivity index (χ1n) is 45.5. The Bertz CT molecular complexity index is 5170. The topological polar surface area (TPSA) is 722 Å². The van der Waals surface area contributed by atoms with Crippen molar-refractivity contribution in [2.75, 3.05) is 92.5 Å². The fourth-order valence-electron chi connectivity index (χ4n) is 16.5. The number of hydrogen-bond acceptors (Lipinski definition) is 37. The van der Waals surface area contributed by atoms with Crippen LogP contribution in [0.25, 0.3) is 52.2 Å². The highest BCUT2D eigenvalue weighted by molar-refractivity contribution is 6.99. The van der Waals surface area contributed by atoms with E-state index in [4.69, 9.17) is 125 Å². The largest absolute Gasteiger partial charge is 0.455 e. The molecule has 142 heavy (non-hydrogen) atoms. The highest BCUT2D eigenvalue weighted by atomic mass is 28.4. The molecule has 9 aliphatic heterocycles. The Balaban J connectivity index is 0.000000178. The van der Waals surface area contributed by atoms with Crippen LogP contribution in [0.3, 0.4) is 0 Å². The number of ether oxygens (including phenoxy) is 14. The van der Waals surface area contributed by atoms with E-state index in [1.54, 1.807) is 91.9 Å². The molecule has 766 valence electrons. The minimum absolute atomic E-state index is 0.00745. The van der Waals surface area contributed by atoms with Gasteiger partial charge in [-0.25, -0.2) is 14.4 Å². The highest BCUT2D eigenvalue weighted by Crippen LogP contribution is 2.40. The molecule has 30 atom stereocenters. The van der Waals surface area contributed by atoms with Gasteiger partial charge in [-0.3, -0.25) is 0 Å². The number of nitrogens with two attached hydrogens (primary N) is 1. The van der Waals surface area contributed by atoms with Crippen LogP contribution >= 0.6 is 0 Å². The summed E-state index contributed by atoms with van der Waals surface area (Å²) in [6.45, 7) is 8.45. The fourth-order valence-corrected chi connectivity index (χ4v) is 21.0. The molecule has 16 unspecified atom stereocenters. The first-order valence-corrected chi connectivity index (χ1v) is 47.5. The van der Waals surface area contributed by atoms with Gasteiger partial charge in [-0.05, 0) is 79.5 Å². The summed E-state index contributed by atoms with van der Waals surface area (Å²) in [4.78, 5) is 51.1. The van der Waals surface area contributed by atoms with Crippen molar-refractivity contribution in [3.63, 3.8) is 0 Å². The molecule has 0 bridgehead atoms.